The first-order chi connectivity index (χ1) is 12.8. The van der Waals surface area contributed by atoms with Gasteiger partial charge in [-0.1, -0.05) is 12.1 Å². The second-order valence-electron chi connectivity index (χ2n) is 5.79. The van der Waals surface area contributed by atoms with Crippen LogP contribution in [0.5, 0.6) is 0 Å². The van der Waals surface area contributed by atoms with E-state index in [4.69, 9.17) is 21.1 Å². The Hall–Kier alpha value is -2.74. The number of halogens is 1. The number of nitrogens with zero attached hydrogens (tertiary/aromatic N) is 2. The van der Waals surface area contributed by atoms with Crippen LogP contribution in [0, 0.1) is 16.0 Å². The average Bonchev–Trinajstić information content (AvgIpc) is 2.66. The second-order valence-corrected chi connectivity index (χ2v) is 6.06. The van der Waals surface area contributed by atoms with Gasteiger partial charge in [0.05, 0.1) is 35.8 Å². The minimum Gasteiger partial charge on any atom is -0.468 e. The third-order valence-electron chi connectivity index (χ3n) is 4.26. The number of esters is 2. The van der Waals surface area contributed by atoms with Crippen LogP contribution < -0.4 is 0 Å². The molecule has 1 aromatic rings. The quantitative estimate of drug-likeness (QED) is 0.317. The van der Waals surface area contributed by atoms with Crippen LogP contribution >= 0.6 is 11.6 Å². The molecule has 0 N–H and O–H groups in total. The lowest BCUT2D eigenvalue weighted by Crippen LogP contribution is -2.36. The molecule has 1 heterocycles. The highest BCUT2D eigenvalue weighted by molar-refractivity contribution is 6.20. The number of non-ortho nitro benzene ring substituents is 1. The highest BCUT2D eigenvalue weighted by atomic mass is 35.5. The van der Waals surface area contributed by atoms with Crippen molar-refractivity contribution in [1.29, 1.82) is 0 Å². The van der Waals surface area contributed by atoms with Crippen molar-refractivity contribution < 1.29 is 24.0 Å². The number of hydrogen-bond acceptors (Lipinski definition) is 7. The van der Waals surface area contributed by atoms with E-state index in [0.717, 1.165) is 0 Å². The number of benzene rings is 1. The van der Waals surface area contributed by atoms with Crippen molar-refractivity contribution in [1.82, 2.24) is 0 Å². The molecule has 27 heavy (non-hydrogen) atoms. The largest absolute Gasteiger partial charge is 0.468 e. The number of carbonyl (C=O) groups is 2. The normalized spacial score (nSPS) is 19.3. The molecule has 0 bridgehead atoms. The van der Waals surface area contributed by atoms with Crippen molar-refractivity contribution >= 4 is 34.9 Å². The number of nitro groups is 1. The Morgan fingerprint density at radius 3 is 2.41 bits per heavy atom. The summed E-state index contributed by atoms with van der Waals surface area (Å²) in [5, 5.41) is 10.9. The fourth-order valence-corrected chi connectivity index (χ4v) is 3.29. The highest BCUT2D eigenvalue weighted by Gasteiger charge is 2.42. The zero-order chi connectivity index (χ0) is 20.1. The third kappa shape index (κ3) is 4.16. The molecule has 0 saturated carbocycles. The Morgan fingerprint density at radius 2 is 1.93 bits per heavy atom. The molecular weight excluding hydrogens is 376 g/mol. The SMILES string of the molecule is CCOC(=O)C1=C(CCl)N=C(C)C(C(=O)OC)C1c1ccc([N+](=O)[O-])cc1. The lowest BCUT2D eigenvalue weighted by Gasteiger charge is -2.31. The van der Waals surface area contributed by atoms with Gasteiger partial charge in [-0.25, -0.2) is 4.79 Å². The van der Waals surface area contributed by atoms with E-state index in [9.17, 15) is 19.7 Å². The summed E-state index contributed by atoms with van der Waals surface area (Å²) in [5.74, 6) is -2.91. The lowest BCUT2D eigenvalue weighted by molar-refractivity contribution is -0.384. The first-order valence-electron chi connectivity index (χ1n) is 8.19. The molecule has 0 fully saturated rings. The number of ether oxygens (including phenoxy) is 2. The molecular formula is C18H19ClN2O6. The number of rotatable bonds is 6. The zero-order valence-corrected chi connectivity index (χ0v) is 15.9. The highest BCUT2D eigenvalue weighted by Crippen LogP contribution is 2.40. The molecule has 144 valence electrons. The zero-order valence-electron chi connectivity index (χ0n) is 15.1. The van der Waals surface area contributed by atoms with Crippen LogP contribution in [0.1, 0.15) is 25.3 Å². The van der Waals surface area contributed by atoms with Crippen LogP contribution in [0.2, 0.25) is 0 Å². The maximum Gasteiger partial charge on any atom is 0.336 e. The molecule has 9 heteroatoms. The van der Waals surface area contributed by atoms with E-state index >= 15 is 0 Å². The number of alkyl halides is 1. The van der Waals surface area contributed by atoms with Gasteiger partial charge in [0.1, 0.15) is 5.92 Å². The van der Waals surface area contributed by atoms with Gasteiger partial charge in [-0.3, -0.25) is 19.9 Å². The Morgan fingerprint density at radius 1 is 1.30 bits per heavy atom. The minimum atomic E-state index is -0.872. The number of carbonyl (C=O) groups excluding carboxylic acids is 2. The molecule has 1 aliphatic heterocycles. The summed E-state index contributed by atoms with van der Waals surface area (Å²) in [6.45, 7) is 3.44. The van der Waals surface area contributed by atoms with Gasteiger partial charge >= 0.3 is 11.9 Å². The van der Waals surface area contributed by atoms with Crippen LogP contribution in [-0.2, 0) is 19.1 Å². The molecule has 0 aliphatic carbocycles. The van der Waals surface area contributed by atoms with Crippen molar-refractivity contribution in [2.75, 3.05) is 19.6 Å². The Bertz CT molecular complexity index is 816. The van der Waals surface area contributed by atoms with Crippen molar-refractivity contribution in [2.24, 2.45) is 10.9 Å². The molecule has 0 spiro atoms. The average molecular weight is 395 g/mol. The Labute approximate surface area is 161 Å². The number of allylic oxidation sites excluding steroid dienone is 1. The topological polar surface area (TPSA) is 108 Å². The number of methoxy groups -OCH3 is 1. The molecule has 2 atom stereocenters. The van der Waals surface area contributed by atoms with E-state index in [1.807, 2.05) is 0 Å². The molecule has 1 aliphatic rings. The van der Waals surface area contributed by atoms with Gasteiger partial charge in [0, 0.05) is 23.8 Å². The summed E-state index contributed by atoms with van der Waals surface area (Å²) in [6.07, 6.45) is 0. The molecule has 8 nitrogen and oxygen atoms in total. The third-order valence-corrected chi connectivity index (χ3v) is 4.51. The summed E-state index contributed by atoms with van der Waals surface area (Å²) in [7, 11) is 1.24. The molecule has 0 amide bonds. The standard InChI is InChI=1S/C18H19ClN2O6/c1-4-27-18(23)16-13(9-19)20-10(2)14(17(22)26-3)15(16)11-5-7-12(8-6-11)21(24)25/h5-8,14-15H,4,9H2,1-3H3. The number of hydrogen-bond donors (Lipinski definition) is 0. The van der Waals surface area contributed by atoms with Crippen molar-refractivity contribution in [3.63, 3.8) is 0 Å². The Kier molecular flexibility index (Phi) is 6.68. The van der Waals surface area contributed by atoms with Gasteiger partial charge in [-0.15, -0.1) is 11.6 Å². The fraction of sp³-hybridized carbons (Fsp3) is 0.389. The van der Waals surface area contributed by atoms with Gasteiger partial charge in [0.15, 0.2) is 0 Å². The summed E-state index contributed by atoms with van der Waals surface area (Å²) in [5.41, 5.74) is 1.32. The molecule has 0 radical (unpaired) electrons. The van der Waals surface area contributed by atoms with Gasteiger partial charge in [0.2, 0.25) is 0 Å². The minimum absolute atomic E-state index is 0.0527. The molecule has 2 unspecified atom stereocenters. The monoisotopic (exact) mass is 394 g/mol. The molecule has 0 aromatic heterocycles. The van der Waals surface area contributed by atoms with Crippen molar-refractivity contribution in [3.8, 4) is 0 Å². The second kappa shape index (κ2) is 8.77. The van der Waals surface area contributed by atoms with E-state index in [1.54, 1.807) is 13.8 Å². The van der Waals surface area contributed by atoms with Crippen LogP contribution in [-0.4, -0.2) is 42.2 Å². The maximum absolute atomic E-state index is 12.6. The van der Waals surface area contributed by atoms with Gasteiger partial charge in [-0.2, -0.15) is 0 Å². The van der Waals surface area contributed by atoms with Crippen LogP contribution in [0.3, 0.4) is 0 Å². The lowest BCUT2D eigenvalue weighted by atomic mass is 9.75. The van der Waals surface area contributed by atoms with Crippen molar-refractivity contribution in [2.45, 2.75) is 19.8 Å². The summed E-state index contributed by atoms with van der Waals surface area (Å²) in [4.78, 5) is 39.8. The van der Waals surface area contributed by atoms with Crippen molar-refractivity contribution in [3.05, 3.63) is 51.2 Å². The maximum atomic E-state index is 12.6. The van der Waals surface area contributed by atoms with Gasteiger partial charge < -0.3 is 9.47 Å². The summed E-state index contributed by atoms with van der Waals surface area (Å²) < 4.78 is 10.0. The van der Waals surface area contributed by atoms with E-state index in [1.165, 1.54) is 31.4 Å². The predicted molar refractivity (Wildman–Crippen MR) is 98.8 cm³/mol. The number of nitro benzene ring substituents is 1. The smallest absolute Gasteiger partial charge is 0.336 e. The van der Waals surface area contributed by atoms with Gasteiger partial charge in [-0.05, 0) is 19.4 Å². The van der Waals surface area contributed by atoms with Crippen LogP contribution in [0.15, 0.2) is 40.5 Å². The van der Waals surface area contributed by atoms with Crippen LogP contribution in [0.25, 0.3) is 0 Å². The fourth-order valence-electron chi connectivity index (χ4n) is 3.08. The summed E-state index contributed by atoms with van der Waals surface area (Å²) in [6, 6.07) is 5.63. The van der Waals surface area contributed by atoms with E-state index < -0.39 is 28.7 Å². The van der Waals surface area contributed by atoms with E-state index in [0.29, 0.717) is 17.0 Å². The molecule has 2 rings (SSSR count). The molecule has 1 aromatic carbocycles. The van der Waals surface area contributed by atoms with Gasteiger partial charge in [0.25, 0.3) is 5.69 Å². The predicted octanol–water partition coefficient (Wildman–Crippen LogP) is 3.00. The first kappa shape index (κ1) is 20.6. The molecule has 0 saturated heterocycles. The Balaban J connectivity index is 2.67. The summed E-state index contributed by atoms with van der Waals surface area (Å²) >= 11 is 5.99. The van der Waals surface area contributed by atoms with E-state index in [2.05, 4.69) is 4.99 Å². The first-order valence-corrected chi connectivity index (χ1v) is 8.72. The van der Waals surface area contributed by atoms with Crippen LogP contribution in [0.4, 0.5) is 5.69 Å². The van der Waals surface area contributed by atoms with E-state index in [-0.39, 0.29) is 23.7 Å². The number of aliphatic imine (C=N–C) groups is 1.